The van der Waals surface area contributed by atoms with E-state index in [1.807, 2.05) is 5.01 Å². The topological polar surface area (TPSA) is 69.7 Å². The van der Waals surface area contributed by atoms with Crippen LogP contribution < -0.4 is 5.43 Å². The zero-order chi connectivity index (χ0) is 19.4. The number of rotatable bonds is 5. The molecule has 1 aromatic carbocycles. The van der Waals surface area contributed by atoms with Crippen molar-refractivity contribution in [3.05, 3.63) is 28.2 Å². The summed E-state index contributed by atoms with van der Waals surface area (Å²) < 4.78 is 27.4. The molecule has 3 rings (SSSR count). The number of piperidine rings is 2. The van der Waals surface area contributed by atoms with Gasteiger partial charge in [-0.2, -0.15) is 4.31 Å². The van der Waals surface area contributed by atoms with Crippen LogP contribution in [0.25, 0.3) is 0 Å². The Kier molecular flexibility index (Phi) is 7.03. The highest BCUT2D eigenvalue weighted by atomic mass is 35.5. The molecule has 9 heteroatoms. The number of amides is 1. The fraction of sp³-hybridized carbons (Fsp3) is 0.611. The maximum absolute atomic E-state index is 13.0. The molecule has 0 saturated carbocycles. The normalized spacial score (nSPS) is 22.5. The maximum atomic E-state index is 13.0. The van der Waals surface area contributed by atoms with Crippen molar-refractivity contribution in [2.24, 2.45) is 5.92 Å². The number of halogens is 2. The summed E-state index contributed by atoms with van der Waals surface area (Å²) in [6.45, 7) is 2.50. The van der Waals surface area contributed by atoms with Crippen molar-refractivity contribution in [3.63, 3.8) is 0 Å². The lowest BCUT2D eigenvalue weighted by molar-refractivity contribution is -0.127. The maximum Gasteiger partial charge on any atom is 0.244 e. The summed E-state index contributed by atoms with van der Waals surface area (Å²) >= 11 is 12.1. The van der Waals surface area contributed by atoms with E-state index in [1.54, 1.807) is 12.1 Å². The van der Waals surface area contributed by atoms with Crippen LogP contribution in [-0.2, 0) is 14.8 Å². The molecule has 1 amide bonds. The predicted octanol–water partition coefficient (Wildman–Crippen LogP) is 3.30. The number of nitrogens with zero attached hydrogens (tertiary/aromatic N) is 2. The van der Waals surface area contributed by atoms with Crippen LogP contribution in [0.3, 0.4) is 0 Å². The fourth-order valence-electron chi connectivity index (χ4n) is 3.72. The lowest BCUT2D eigenvalue weighted by Crippen LogP contribution is -2.47. The summed E-state index contributed by atoms with van der Waals surface area (Å²) in [5, 5.41) is 2.23. The predicted molar refractivity (Wildman–Crippen MR) is 106 cm³/mol. The zero-order valence-corrected chi connectivity index (χ0v) is 17.5. The molecule has 0 radical (unpaired) electrons. The Morgan fingerprint density at radius 1 is 1.11 bits per heavy atom. The van der Waals surface area contributed by atoms with Crippen molar-refractivity contribution in [3.8, 4) is 0 Å². The monoisotopic (exact) mass is 433 g/mol. The molecule has 2 saturated heterocycles. The molecule has 150 valence electrons. The molecule has 27 heavy (non-hydrogen) atoms. The second-order valence-electron chi connectivity index (χ2n) is 7.21. The van der Waals surface area contributed by atoms with Crippen LogP contribution >= 0.6 is 23.2 Å². The minimum atomic E-state index is -3.74. The first-order valence-corrected chi connectivity index (χ1v) is 11.6. The van der Waals surface area contributed by atoms with Crippen molar-refractivity contribution in [2.75, 3.05) is 26.2 Å². The van der Waals surface area contributed by atoms with Crippen molar-refractivity contribution in [1.29, 1.82) is 0 Å². The van der Waals surface area contributed by atoms with E-state index in [1.165, 1.54) is 16.8 Å². The summed E-state index contributed by atoms with van der Waals surface area (Å²) in [7, 11) is -3.74. The van der Waals surface area contributed by atoms with Gasteiger partial charge in [0.15, 0.2) is 0 Å². The van der Waals surface area contributed by atoms with E-state index >= 15 is 0 Å². The number of hydrazine groups is 1. The molecule has 0 aliphatic carbocycles. The third-order valence-electron chi connectivity index (χ3n) is 5.13. The van der Waals surface area contributed by atoms with Crippen LogP contribution in [0.15, 0.2) is 23.1 Å². The highest BCUT2D eigenvalue weighted by Crippen LogP contribution is 2.33. The first kappa shape index (κ1) is 20.9. The smallest absolute Gasteiger partial charge is 0.244 e. The lowest BCUT2D eigenvalue weighted by atomic mass is 9.96. The Labute approximate surface area is 170 Å². The van der Waals surface area contributed by atoms with Gasteiger partial charge in [-0.3, -0.25) is 10.2 Å². The van der Waals surface area contributed by atoms with Gasteiger partial charge in [-0.15, -0.1) is 0 Å². The second-order valence-corrected chi connectivity index (χ2v) is 9.90. The first-order chi connectivity index (χ1) is 12.9. The SMILES string of the molecule is O=C(CC1CCCN(S(=O)(=O)c2cccc(Cl)c2Cl)C1)NN1CCCCC1. The van der Waals surface area contributed by atoms with Crippen molar-refractivity contribution >= 4 is 39.1 Å². The van der Waals surface area contributed by atoms with E-state index in [2.05, 4.69) is 5.43 Å². The summed E-state index contributed by atoms with van der Waals surface area (Å²) in [6.07, 6.45) is 5.27. The third kappa shape index (κ3) is 5.15. The minimum absolute atomic E-state index is 0.00345. The Hall–Kier alpha value is -0.860. The highest BCUT2D eigenvalue weighted by Gasteiger charge is 2.33. The van der Waals surface area contributed by atoms with Gasteiger partial charge in [0.1, 0.15) is 4.90 Å². The molecule has 1 atom stereocenters. The van der Waals surface area contributed by atoms with E-state index in [0.29, 0.717) is 19.5 Å². The van der Waals surface area contributed by atoms with Gasteiger partial charge in [-0.05, 0) is 43.7 Å². The summed E-state index contributed by atoms with van der Waals surface area (Å²) in [6, 6.07) is 4.61. The third-order valence-corrected chi connectivity index (χ3v) is 7.97. The highest BCUT2D eigenvalue weighted by molar-refractivity contribution is 7.89. The molecular formula is C18H25Cl2N3O3S. The minimum Gasteiger partial charge on any atom is -0.289 e. The van der Waals surface area contributed by atoms with E-state index in [0.717, 1.165) is 38.8 Å². The van der Waals surface area contributed by atoms with Crippen LogP contribution in [-0.4, -0.2) is 49.8 Å². The number of hydrogen-bond acceptors (Lipinski definition) is 4. The molecule has 2 heterocycles. The standard InChI is InChI=1S/C18H25Cl2N3O3S/c19-15-7-4-8-16(18(15)20)27(25,26)23-11-5-6-14(13-23)12-17(24)21-22-9-2-1-3-10-22/h4,7-8,14H,1-3,5-6,9-13H2,(H,21,24). The van der Waals surface area contributed by atoms with Crippen molar-refractivity contribution < 1.29 is 13.2 Å². The fourth-order valence-corrected chi connectivity index (χ4v) is 6.01. The molecule has 1 aromatic rings. The quantitative estimate of drug-likeness (QED) is 0.772. The Balaban J connectivity index is 1.63. The molecule has 1 unspecified atom stereocenters. The van der Waals surface area contributed by atoms with Crippen LogP contribution in [0.2, 0.25) is 10.0 Å². The zero-order valence-electron chi connectivity index (χ0n) is 15.2. The van der Waals surface area contributed by atoms with Crippen molar-refractivity contribution in [2.45, 2.75) is 43.4 Å². The molecule has 2 aliphatic rings. The molecule has 6 nitrogen and oxygen atoms in total. The van der Waals surface area contributed by atoms with Crippen molar-refractivity contribution in [1.82, 2.24) is 14.7 Å². The van der Waals surface area contributed by atoms with Gasteiger partial charge in [0.2, 0.25) is 15.9 Å². The molecule has 0 aromatic heterocycles. The van der Waals surface area contributed by atoms with E-state index in [4.69, 9.17) is 23.2 Å². The summed E-state index contributed by atoms with van der Waals surface area (Å²) in [4.78, 5) is 12.4. The molecular weight excluding hydrogens is 409 g/mol. The van der Waals surface area contributed by atoms with Crippen LogP contribution in [0.5, 0.6) is 0 Å². The number of hydrogen-bond donors (Lipinski definition) is 1. The first-order valence-electron chi connectivity index (χ1n) is 9.36. The van der Waals surface area contributed by atoms with Crippen LogP contribution in [0, 0.1) is 5.92 Å². The molecule has 0 spiro atoms. The Bertz CT molecular complexity index is 782. The van der Waals surface area contributed by atoms with Gasteiger partial charge in [0, 0.05) is 32.6 Å². The van der Waals surface area contributed by atoms with Gasteiger partial charge >= 0.3 is 0 Å². The molecule has 1 N–H and O–H groups in total. The van der Waals surface area contributed by atoms with Crippen LogP contribution in [0.4, 0.5) is 0 Å². The number of sulfonamides is 1. The molecule has 2 aliphatic heterocycles. The number of carbonyl (C=O) groups excluding carboxylic acids is 1. The molecule has 2 fully saturated rings. The number of nitrogens with one attached hydrogen (secondary N) is 1. The van der Waals surface area contributed by atoms with E-state index in [9.17, 15) is 13.2 Å². The van der Waals surface area contributed by atoms with E-state index < -0.39 is 10.0 Å². The largest absolute Gasteiger partial charge is 0.289 e. The van der Waals surface area contributed by atoms with Gasteiger partial charge in [-0.25, -0.2) is 13.4 Å². The average Bonchev–Trinajstić information content (AvgIpc) is 2.65. The van der Waals surface area contributed by atoms with Gasteiger partial charge in [0.25, 0.3) is 0 Å². The summed E-state index contributed by atoms with van der Waals surface area (Å²) in [5.74, 6) is -0.0433. The average molecular weight is 434 g/mol. The van der Waals surface area contributed by atoms with Gasteiger partial charge < -0.3 is 0 Å². The van der Waals surface area contributed by atoms with Gasteiger partial charge in [-0.1, -0.05) is 35.7 Å². The lowest BCUT2D eigenvalue weighted by Gasteiger charge is -2.33. The number of carbonyl (C=O) groups is 1. The van der Waals surface area contributed by atoms with Crippen LogP contribution in [0.1, 0.15) is 38.5 Å². The number of benzene rings is 1. The Morgan fingerprint density at radius 2 is 1.85 bits per heavy atom. The Morgan fingerprint density at radius 3 is 2.59 bits per heavy atom. The van der Waals surface area contributed by atoms with E-state index in [-0.39, 0.29) is 26.8 Å². The second kappa shape index (κ2) is 9.09. The summed E-state index contributed by atoms with van der Waals surface area (Å²) in [5.41, 5.74) is 2.96. The van der Waals surface area contributed by atoms with Gasteiger partial charge in [0.05, 0.1) is 10.0 Å². The molecule has 0 bridgehead atoms.